The number of aryl methyl sites for hydroxylation is 2. The summed E-state index contributed by atoms with van der Waals surface area (Å²) in [4.78, 5) is 12.2. The Morgan fingerprint density at radius 3 is 2.57 bits per heavy atom. The van der Waals surface area contributed by atoms with Crippen LogP contribution in [0.5, 0.6) is 11.5 Å². The molecule has 2 aliphatic rings. The van der Waals surface area contributed by atoms with Gasteiger partial charge in [-0.3, -0.25) is 4.79 Å². The van der Waals surface area contributed by atoms with Crippen LogP contribution in [-0.4, -0.2) is 34.1 Å². The van der Waals surface area contributed by atoms with Crippen LogP contribution in [0.3, 0.4) is 0 Å². The Balaban J connectivity index is 1.39. The molecule has 1 aliphatic carbocycles. The Hall–Kier alpha value is -2.58. The Morgan fingerprint density at radius 2 is 1.71 bits per heavy atom. The van der Waals surface area contributed by atoms with Crippen LogP contribution < -0.4 is 19.5 Å². The summed E-state index contributed by atoms with van der Waals surface area (Å²) >= 11 is 0. The summed E-state index contributed by atoms with van der Waals surface area (Å²) < 4.78 is 38.4. The standard InChI is InChI=1S/C20H22N2O5S/c23-20(22-16-6-5-14-3-1-4-15(14)11-16)13-21-28(24,25)17-7-8-18-19(12-17)27-10-2-9-26-18/h5-8,11-12,21H,1-4,9-10,13H2,(H,22,23). The average molecular weight is 402 g/mol. The minimum absolute atomic E-state index is 0.0297. The van der Waals surface area contributed by atoms with Gasteiger partial charge < -0.3 is 14.8 Å². The first-order chi connectivity index (χ1) is 13.5. The lowest BCUT2D eigenvalue weighted by Gasteiger charge is -2.11. The van der Waals surface area contributed by atoms with Gasteiger partial charge in [-0.15, -0.1) is 0 Å². The minimum atomic E-state index is -3.85. The van der Waals surface area contributed by atoms with Gasteiger partial charge in [0, 0.05) is 18.2 Å². The number of carbonyl (C=O) groups is 1. The zero-order valence-electron chi connectivity index (χ0n) is 15.4. The topological polar surface area (TPSA) is 93.7 Å². The second-order valence-electron chi connectivity index (χ2n) is 6.87. The maximum Gasteiger partial charge on any atom is 0.241 e. The number of rotatable bonds is 5. The second kappa shape index (κ2) is 7.81. The van der Waals surface area contributed by atoms with Gasteiger partial charge in [0.05, 0.1) is 24.7 Å². The van der Waals surface area contributed by atoms with E-state index >= 15 is 0 Å². The lowest BCUT2D eigenvalue weighted by molar-refractivity contribution is -0.115. The van der Waals surface area contributed by atoms with E-state index in [1.165, 1.54) is 23.3 Å². The molecule has 28 heavy (non-hydrogen) atoms. The van der Waals surface area contributed by atoms with Crippen LogP contribution in [0.1, 0.15) is 24.0 Å². The van der Waals surface area contributed by atoms with Crippen LogP contribution >= 0.6 is 0 Å². The molecule has 2 aromatic carbocycles. The molecular formula is C20H22N2O5S. The van der Waals surface area contributed by atoms with Crippen molar-refractivity contribution in [1.29, 1.82) is 0 Å². The van der Waals surface area contributed by atoms with Crippen LogP contribution in [0.25, 0.3) is 0 Å². The van der Waals surface area contributed by atoms with Crippen LogP contribution in [0.15, 0.2) is 41.3 Å². The van der Waals surface area contributed by atoms with E-state index in [2.05, 4.69) is 10.0 Å². The Morgan fingerprint density at radius 1 is 0.929 bits per heavy atom. The van der Waals surface area contributed by atoms with Gasteiger partial charge in [-0.1, -0.05) is 6.07 Å². The number of anilines is 1. The molecule has 0 saturated carbocycles. The highest BCUT2D eigenvalue weighted by Gasteiger charge is 2.20. The summed E-state index contributed by atoms with van der Waals surface area (Å²) in [5.41, 5.74) is 3.24. The van der Waals surface area contributed by atoms with E-state index in [0.29, 0.717) is 30.4 Å². The minimum Gasteiger partial charge on any atom is -0.490 e. The molecule has 0 fully saturated rings. The van der Waals surface area contributed by atoms with E-state index in [9.17, 15) is 13.2 Å². The Kier molecular flexibility index (Phi) is 5.23. The predicted octanol–water partition coefficient (Wildman–Crippen LogP) is 2.25. The van der Waals surface area contributed by atoms with Crippen molar-refractivity contribution < 1.29 is 22.7 Å². The third kappa shape index (κ3) is 4.13. The molecule has 1 heterocycles. The number of fused-ring (bicyclic) bond motifs is 2. The van der Waals surface area contributed by atoms with Crippen molar-refractivity contribution in [3.8, 4) is 11.5 Å². The SMILES string of the molecule is O=C(CNS(=O)(=O)c1ccc2c(c1)OCCCO2)Nc1ccc2c(c1)CCC2. The predicted molar refractivity (Wildman–Crippen MR) is 104 cm³/mol. The smallest absolute Gasteiger partial charge is 0.241 e. The number of hydrogen-bond donors (Lipinski definition) is 2. The molecule has 1 amide bonds. The lowest BCUT2D eigenvalue weighted by atomic mass is 10.1. The molecule has 0 radical (unpaired) electrons. The molecular weight excluding hydrogens is 380 g/mol. The first-order valence-corrected chi connectivity index (χ1v) is 10.8. The first kappa shape index (κ1) is 18.8. The van der Waals surface area contributed by atoms with Gasteiger partial charge in [0.1, 0.15) is 0 Å². The summed E-state index contributed by atoms with van der Waals surface area (Å²) in [6.45, 7) is 0.640. The number of benzene rings is 2. The molecule has 148 valence electrons. The normalized spacial score (nSPS) is 15.6. The molecule has 0 atom stereocenters. The van der Waals surface area contributed by atoms with Gasteiger partial charge in [0.15, 0.2) is 11.5 Å². The lowest BCUT2D eigenvalue weighted by Crippen LogP contribution is -2.32. The van der Waals surface area contributed by atoms with Gasteiger partial charge in [0.2, 0.25) is 15.9 Å². The summed E-state index contributed by atoms with van der Waals surface area (Å²) in [6, 6.07) is 10.2. The monoisotopic (exact) mass is 402 g/mol. The van der Waals surface area contributed by atoms with Gasteiger partial charge in [0.25, 0.3) is 0 Å². The van der Waals surface area contributed by atoms with E-state index in [4.69, 9.17) is 9.47 Å². The van der Waals surface area contributed by atoms with E-state index < -0.39 is 15.9 Å². The molecule has 0 saturated heterocycles. The highest BCUT2D eigenvalue weighted by Crippen LogP contribution is 2.31. The molecule has 1 aliphatic heterocycles. The second-order valence-corrected chi connectivity index (χ2v) is 8.64. The summed E-state index contributed by atoms with van der Waals surface area (Å²) in [6.07, 6.45) is 3.94. The van der Waals surface area contributed by atoms with Crippen molar-refractivity contribution in [1.82, 2.24) is 4.72 Å². The Labute approximate surface area is 164 Å². The van der Waals surface area contributed by atoms with E-state index in [-0.39, 0.29) is 11.4 Å². The van der Waals surface area contributed by atoms with Crippen molar-refractivity contribution in [2.75, 3.05) is 25.1 Å². The van der Waals surface area contributed by atoms with E-state index in [0.717, 1.165) is 25.7 Å². The van der Waals surface area contributed by atoms with Crippen molar-refractivity contribution in [3.63, 3.8) is 0 Å². The third-order valence-corrected chi connectivity index (χ3v) is 6.23. The molecule has 8 heteroatoms. The van der Waals surface area contributed by atoms with Gasteiger partial charge >= 0.3 is 0 Å². The molecule has 2 N–H and O–H groups in total. The molecule has 4 rings (SSSR count). The molecule has 0 aromatic heterocycles. The fourth-order valence-corrected chi connectivity index (χ4v) is 4.41. The molecule has 2 aromatic rings. The zero-order valence-corrected chi connectivity index (χ0v) is 16.2. The number of amides is 1. The highest BCUT2D eigenvalue weighted by molar-refractivity contribution is 7.89. The van der Waals surface area contributed by atoms with Crippen LogP contribution in [0.2, 0.25) is 0 Å². The number of carbonyl (C=O) groups excluding carboxylic acids is 1. The molecule has 7 nitrogen and oxygen atoms in total. The summed E-state index contributed by atoms with van der Waals surface area (Å²) in [5, 5.41) is 2.74. The largest absolute Gasteiger partial charge is 0.490 e. The average Bonchev–Trinajstić information content (AvgIpc) is 3.02. The number of ether oxygens (including phenoxy) is 2. The third-order valence-electron chi connectivity index (χ3n) is 4.83. The number of nitrogens with one attached hydrogen (secondary N) is 2. The first-order valence-electron chi connectivity index (χ1n) is 9.32. The zero-order chi connectivity index (χ0) is 19.6. The van der Waals surface area contributed by atoms with Crippen molar-refractivity contribution in [2.24, 2.45) is 0 Å². The highest BCUT2D eigenvalue weighted by atomic mass is 32.2. The van der Waals surface area contributed by atoms with Crippen LogP contribution in [-0.2, 0) is 27.7 Å². The molecule has 0 unspecified atom stereocenters. The summed E-state index contributed by atoms with van der Waals surface area (Å²) in [5.74, 6) is 0.490. The molecule has 0 bridgehead atoms. The van der Waals surface area contributed by atoms with Gasteiger partial charge in [-0.05, 0) is 54.7 Å². The fourth-order valence-electron chi connectivity index (χ4n) is 3.41. The number of sulfonamides is 1. The quantitative estimate of drug-likeness (QED) is 0.800. The number of hydrogen-bond acceptors (Lipinski definition) is 5. The maximum atomic E-state index is 12.5. The fraction of sp³-hybridized carbons (Fsp3) is 0.350. The van der Waals surface area contributed by atoms with Crippen LogP contribution in [0.4, 0.5) is 5.69 Å². The van der Waals surface area contributed by atoms with E-state index in [1.54, 1.807) is 6.07 Å². The van der Waals surface area contributed by atoms with Crippen molar-refractivity contribution >= 4 is 21.6 Å². The van der Waals surface area contributed by atoms with Gasteiger partial charge in [-0.25, -0.2) is 13.1 Å². The maximum absolute atomic E-state index is 12.5. The summed E-state index contributed by atoms with van der Waals surface area (Å²) in [7, 11) is -3.85. The van der Waals surface area contributed by atoms with E-state index in [1.807, 2.05) is 18.2 Å². The molecule has 0 spiro atoms. The van der Waals surface area contributed by atoms with Gasteiger partial charge in [-0.2, -0.15) is 0 Å². The van der Waals surface area contributed by atoms with Crippen molar-refractivity contribution in [3.05, 3.63) is 47.5 Å². The van der Waals surface area contributed by atoms with Crippen molar-refractivity contribution in [2.45, 2.75) is 30.6 Å². The Bertz CT molecular complexity index is 1000. The van der Waals surface area contributed by atoms with Crippen LogP contribution in [0, 0.1) is 0 Å².